The molecule has 0 saturated heterocycles. The predicted molar refractivity (Wildman–Crippen MR) is 107 cm³/mol. The molecule has 0 heterocycles. The number of para-hydroxylation sites is 1. The van der Waals surface area contributed by atoms with Crippen molar-refractivity contribution in [1.82, 2.24) is 5.32 Å². The van der Waals surface area contributed by atoms with Crippen LogP contribution in [0.15, 0.2) is 54.2 Å². The summed E-state index contributed by atoms with van der Waals surface area (Å²) in [4.78, 5) is 25.2. The summed E-state index contributed by atoms with van der Waals surface area (Å²) >= 11 is 0. The Hall–Kier alpha value is -3.28. The van der Waals surface area contributed by atoms with Crippen molar-refractivity contribution in [3.05, 3.63) is 65.4 Å². The molecule has 0 atom stereocenters. The minimum absolute atomic E-state index is 0.0433. The number of esters is 1. The molecule has 0 aromatic heterocycles. The summed E-state index contributed by atoms with van der Waals surface area (Å²) in [5.41, 5.74) is 1.08. The van der Waals surface area contributed by atoms with E-state index in [0.29, 0.717) is 17.1 Å². The van der Waals surface area contributed by atoms with Gasteiger partial charge in [0, 0.05) is 0 Å². The Balaban J connectivity index is 2.30. The number of carbonyl (C=O) groups excluding carboxylic acids is 2. The largest absolute Gasteiger partial charge is 0.497 e. The second kappa shape index (κ2) is 10.2. The summed E-state index contributed by atoms with van der Waals surface area (Å²) in [6.07, 6.45) is 1.56. The lowest BCUT2D eigenvalue weighted by molar-refractivity contribution is -0.140. The van der Waals surface area contributed by atoms with Gasteiger partial charge in [-0.1, -0.05) is 38.1 Å². The van der Waals surface area contributed by atoms with E-state index in [1.807, 2.05) is 13.8 Å². The van der Waals surface area contributed by atoms with Gasteiger partial charge in [0.05, 0.1) is 26.4 Å². The molecule has 6 nitrogen and oxygen atoms in total. The third kappa shape index (κ3) is 5.87. The van der Waals surface area contributed by atoms with Gasteiger partial charge in [-0.05, 0) is 41.8 Å². The van der Waals surface area contributed by atoms with E-state index < -0.39 is 11.9 Å². The van der Waals surface area contributed by atoms with Crippen LogP contribution < -0.4 is 14.8 Å². The van der Waals surface area contributed by atoms with Gasteiger partial charge >= 0.3 is 5.97 Å². The molecular weight excluding hydrogens is 358 g/mol. The van der Waals surface area contributed by atoms with Gasteiger partial charge < -0.3 is 19.5 Å². The number of methoxy groups -OCH3 is 2. The highest BCUT2D eigenvalue weighted by atomic mass is 16.5. The Labute approximate surface area is 165 Å². The van der Waals surface area contributed by atoms with E-state index in [0.717, 1.165) is 5.56 Å². The fourth-order valence-electron chi connectivity index (χ4n) is 2.35. The normalized spacial score (nSPS) is 11.1. The second-order valence-corrected chi connectivity index (χ2v) is 6.48. The Morgan fingerprint density at radius 2 is 1.68 bits per heavy atom. The monoisotopic (exact) mass is 383 g/mol. The Morgan fingerprint density at radius 3 is 2.29 bits per heavy atom. The van der Waals surface area contributed by atoms with Gasteiger partial charge in [-0.2, -0.15) is 0 Å². The van der Waals surface area contributed by atoms with Gasteiger partial charge in [-0.25, -0.2) is 4.79 Å². The third-order valence-corrected chi connectivity index (χ3v) is 3.79. The molecular formula is C22H25NO5. The van der Waals surface area contributed by atoms with Crippen LogP contribution in [-0.4, -0.2) is 32.7 Å². The summed E-state index contributed by atoms with van der Waals surface area (Å²) in [7, 11) is 3.06. The number of carbonyl (C=O) groups is 2. The lowest BCUT2D eigenvalue weighted by Gasteiger charge is -2.13. The molecule has 2 rings (SSSR count). The van der Waals surface area contributed by atoms with Crippen LogP contribution in [-0.2, 0) is 9.53 Å². The summed E-state index contributed by atoms with van der Waals surface area (Å²) in [6.45, 7) is 4.13. The van der Waals surface area contributed by atoms with Crippen molar-refractivity contribution in [2.45, 2.75) is 13.8 Å². The molecule has 0 aliphatic carbocycles. The van der Waals surface area contributed by atoms with E-state index in [4.69, 9.17) is 14.2 Å². The molecule has 0 spiro atoms. The first kappa shape index (κ1) is 21.0. The number of rotatable bonds is 8. The van der Waals surface area contributed by atoms with Crippen molar-refractivity contribution < 1.29 is 23.8 Å². The lowest BCUT2D eigenvalue weighted by Crippen LogP contribution is -2.29. The van der Waals surface area contributed by atoms with Gasteiger partial charge in [-0.3, -0.25) is 4.79 Å². The number of hydrogen-bond donors (Lipinski definition) is 1. The number of ether oxygens (including phenoxy) is 3. The van der Waals surface area contributed by atoms with Crippen molar-refractivity contribution in [2.75, 3.05) is 20.8 Å². The number of nitrogens with one attached hydrogen (secondary N) is 1. The van der Waals surface area contributed by atoms with Crippen LogP contribution in [0.4, 0.5) is 0 Å². The standard InChI is InChI=1S/C22H25NO5/c1-15(2)14-28-22(25)19(13-16-9-11-17(26-3)12-10-16)23-21(24)18-7-5-6-8-20(18)27-4/h5-13,15H,14H2,1-4H3,(H,23,24). The van der Waals surface area contributed by atoms with Gasteiger partial charge in [0.25, 0.3) is 5.91 Å². The predicted octanol–water partition coefficient (Wildman–Crippen LogP) is 3.67. The topological polar surface area (TPSA) is 73.9 Å². The molecule has 0 radical (unpaired) electrons. The average Bonchev–Trinajstić information content (AvgIpc) is 2.71. The Kier molecular flexibility index (Phi) is 7.63. The van der Waals surface area contributed by atoms with Crippen LogP contribution in [0, 0.1) is 5.92 Å². The zero-order chi connectivity index (χ0) is 20.5. The zero-order valence-corrected chi connectivity index (χ0v) is 16.5. The molecule has 2 aromatic rings. The van der Waals surface area contributed by atoms with Crippen LogP contribution in [0.5, 0.6) is 11.5 Å². The first-order valence-electron chi connectivity index (χ1n) is 8.91. The van der Waals surface area contributed by atoms with Crippen molar-refractivity contribution >= 4 is 18.0 Å². The average molecular weight is 383 g/mol. The number of hydrogen-bond acceptors (Lipinski definition) is 5. The molecule has 0 fully saturated rings. The molecule has 0 aliphatic heterocycles. The Bertz CT molecular complexity index is 840. The number of amides is 1. The maximum atomic E-state index is 12.7. The van der Waals surface area contributed by atoms with Crippen molar-refractivity contribution in [3.8, 4) is 11.5 Å². The van der Waals surface area contributed by atoms with E-state index in [1.54, 1.807) is 61.7 Å². The van der Waals surface area contributed by atoms with Gasteiger partial charge in [0.2, 0.25) is 0 Å². The van der Waals surface area contributed by atoms with Crippen LogP contribution in [0.1, 0.15) is 29.8 Å². The van der Waals surface area contributed by atoms with E-state index in [1.165, 1.54) is 7.11 Å². The quantitative estimate of drug-likeness (QED) is 0.556. The second-order valence-electron chi connectivity index (χ2n) is 6.48. The van der Waals surface area contributed by atoms with Gasteiger partial charge in [0.1, 0.15) is 17.2 Å². The molecule has 0 bridgehead atoms. The van der Waals surface area contributed by atoms with Crippen LogP contribution in [0.3, 0.4) is 0 Å². The van der Waals surface area contributed by atoms with Crippen molar-refractivity contribution in [2.24, 2.45) is 5.92 Å². The molecule has 148 valence electrons. The van der Waals surface area contributed by atoms with E-state index in [9.17, 15) is 9.59 Å². The van der Waals surface area contributed by atoms with E-state index in [-0.39, 0.29) is 18.2 Å². The molecule has 1 amide bonds. The molecule has 6 heteroatoms. The van der Waals surface area contributed by atoms with Gasteiger partial charge in [-0.15, -0.1) is 0 Å². The number of benzene rings is 2. The molecule has 0 saturated carbocycles. The Morgan fingerprint density at radius 1 is 1.00 bits per heavy atom. The third-order valence-electron chi connectivity index (χ3n) is 3.79. The highest BCUT2D eigenvalue weighted by Gasteiger charge is 2.18. The first-order chi connectivity index (χ1) is 13.4. The first-order valence-corrected chi connectivity index (χ1v) is 8.91. The summed E-state index contributed by atoms with van der Waals surface area (Å²) in [5, 5.41) is 2.64. The van der Waals surface area contributed by atoms with Crippen LogP contribution >= 0.6 is 0 Å². The SMILES string of the molecule is COc1ccc(C=C(NC(=O)c2ccccc2OC)C(=O)OCC(C)C)cc1. The maximum absolute atomic E-state index is 12.7. The van der Waals surface area contributed by atoms with Gasteiger partial charge in [0.15, 0.2) is 0 Å². The fraction of sp³-hybridized carbons (Fsp3) is 0.273. The molecule has 0 aliphatic rings. The lowest BCUT2D eigenvalue weighted by atomic mass is 10.1. The zero-order valence-electron chi connectivity index (χ0n) is 16.5. The van der Waals surface area contributed by atoms with Crippen LogP contribution in [0.25, 0.3) is 6.08 Å². The summed E-state index contributed by atoms with van der Waals surface area (Å²) < 4.78 is 15.7. The minimum atomic E-state index is -0.604. The van der Waals surface area contributed by atoms with Crippen LogP contribution in [0.2, 0.25) is 0 Å². The van der Waals surface area contributed by atoms with E-state index in [2.05, 4.69) is 5.32 Å². The molecule has 2 aromatic carbocycles. The summed E-state index contributed by atoms with van der Waals surface area (Å²) in [5.74, 6) is 0.223. The van der Waals surface area contributed by atoms with Crippen molar-refractivity contribution in [1.29, 1.82) is 0 Å². The smallest absolute Gasteiger partial charge is 0.354 e. The fourth-order valence-corrected chi connectivity index (χ4v) is 2.35. The molecule has 28 heavy (non-hydrogen) atoms. The maximum Gasteiger partial charge on any atom is 0.354 e. The molecule has 1 N–H and O–H groups in total. The summed E-state index contributed by atoms with van der Waals surface area (Å²) in [6, 6.07) is 13.9. The van der Waals surface area contributed by atoms with Crippen molar-refractivity contribution in [3.63, 3.8) is 0 Å². The van der Waals surface area contributed by atoms with E-state index >= 15 is 0 Å². The minimum Gasteiger partial charge on any atom is -0.497 e. The molecule has 0 unspecified atom stereocenters. The highest BCUT2D eigenvalue weighted by molar-refractivity contribution is 6.04. The highest BCUT2D eigenvalue weighted by Crippen LogP contribution is 2.18.